The number of halogens is 4. The number of carbonyl (C=O) groups is 1. The minimum atomic E-state index is -0.992. The van der Waals surface area contributed by atoms with Crippen LogP contribution in [0, 0.1) is 17.5 Å². The number of carbonyl (C=O) groups excluding carboxylic acids is 1. The first kappa shape index (κ1) is 24.4. The molecule has 33 heavy (non-hydrogen) atoms. The molecule has 0 spiro atoms. The first-order valence-electron chi connectivity index (χ1n) is 10.1. The molecule has 2 heterocycles. The van der Waals surface area contributed by atoms with Crippen molar-refractivity contribution in [3.63, 3.8) is 0 Å². The zero-order valence-electron chi connectivity index (χ0n) is 17.3. The van der Waals surface area contributed by atoms with Crippen LogP contribution in [0.25, 0.3) is 11.3 Å². The number of amides is 1. The lowest BCUT2D eigenvalue weighted by molar-refractivity contribution is 0.101. The summed E-state index contributed by atoms with van der Waals surface area (Å²) in [6.07, 6.45) is 5.72. The number of ether oxygens (including phenoxy) is 1. The number of pyridine rings is 1. The molecule has 2 aromatic heterocycles. The summed E-state index contributed by atoms with van der Waals surface area (Å²) in [6.45, 7) is 0. The molecule has 3 aromatic rings. The summed E-state index contributed by atoms with van der Waals surface area (Å²) >= 11 is 0. The number of hydrogen-bond acceptors (Lipinski definition) is 6. The quantitative estimate of drug-likeness (QED) is 0.566. The summed E-state index contributed by atoms with van der Waals surface area (Å²) in [6, 6.07) is 5.30. The van der Waals surface area contributed by atoms with E-state index in [-0.39, 0.29) is 41.8 Å². The van der Waals surface area contributed by atoms with Gasteiger partial charge in [0.2, 0.25) is 5.88 Å². The fourth-order valence-corrected chi connectivity index (χ4v) is 3.52. The summed E-state index contributed by atoms with van der Waals surface area (Å²) in [7, 11) is 0. The van der Waals surface area contributed by atoms with E-state index in [1.165, 1.54) is 12.5 Å². The van der Waals surface area contributed by atoms with Gasteiger partial charge in [-0.25, -0.2) is 23.1 Å². The number of anilines is 1. The monoisotopic (exact) mass is 479 g/mol. The minimum absolute atomic E-state index is 0. The van der Waals surface area contributed by atoms with Crippen molar-refractivity contribution in [2.75, 3.05) is 5.32 Å². The fraction of sp³-hybridized carbons (Fsp3) is 0.273. The predicted molar refractivity (Wildman–Crippen MR) is 118 cm³/mol. The van der Waals surface area contributed by atoms with Gasteiger partial charge in [-0.15, -0.1) is 12.4 Å². The lowest BCUT2D eigenvalue weighted by atomic mass is 9.94. The Bertz CT molecular complexity index is 1120. The average Bonchev–Trinajstić information content (AvgIpc) is 2.77. The van der Waals surface area contributed by atoms with E-state index in [4.69, 9.17) is 10.5 Å². The molecule has 174 valence electrons. The van der Waals surface area contributed by atoms with Crippen LogP contribution in [0.1, 0.15) is 36.2 Å². The molecule has 0 aliphatic heterocycles. The van der Waals surface area contributed by atoms with Gasteiger partial charge in [-0.2, -0.15) is 4.98 Å². The molecular formula is C22H21ClF3N5O2. The number of rotatable bonds is 5. The minimum Gasteiger partial charge on any atom is -0.473 e. The molecule has 1 aromatic carbocycles. The zero-order chi connectivity index (χ0) is 22.7. The molecule has 0 bridgehead atoms. The standard InChI is InChI=1S/C22H20F3N5O2.ClH/c23-14-2-1-3-15(24)19(14)20-16(25)8-9-17(29-20)21(31)30-18-10-27-11-28-22(18)32-13-6-4-12(26)5-7-13;/h1-3,8-13H,4-7,26H2,(H,30,31);1H. The van der Waals surface area contributed by atoms with Gasteiger partial charge in [0.1, 0.15) is 47.0 Å². The van der Waals surface area contributed by atoms with Crippen LogP contribution in [-0.4, -0.2) is 33.0 Å². The molecule has 0 atom stereocenters. The van der Waals surface area contributed by atoms with Crippen molar-refractivity contribution >= 4 is 24.0 Å². The van der Waals surface area contributed by atoms with E-state index in [9.17, 15) is 18.0 Å². The molecule has 0 radical (unpaired) electrons. The number of hydrogen-bond donors (Lipinski definition) is 2. The van der Waals surface area contributed by atoms with Gasteiger partial charge in [-0.3, -0.25) is 4.79 Å². The van der Waals surface area contributed by atoms with Crippen LogP contribution in [0.5, 0.6) is 5.88 Å². The third-order valence-electron chi connectivity index (χ3n) is 5.20. The zero-order valence-corrected chi connectivity index (χ0v) is 18.1. The largest absolute Gasteiger partial charge is 0.473 e. The first-order valence-corrected chi connectivity index (χ1v) is 10.1. The Morgan fingerprint density at radius 1 is 1.03 bits per heavy atom. The van der Waals surface area contributed by atoms with E-state index < -0.39 is 34.6 Å². The Balaban J connectivity index is 0.00000306. The second-order valence-corrected chi connectivity index (χ2v) is 7.47. The van der Waals surface area contributed by atoms with Gasteiger partial charge < -0.3 is 15.8 Å². The van der Waals surface area contributed by atoms with Crippen molar-refractivity contribution in [2.24, 2.45) is 5.73 Å². The summed E-state index contributed by atoms with van der Waals surface area (Å²) in [5.74, 6) is -3.51. The van der Waals surface area contributed by atoms with Crippen molar-refractivity contribution in [1.82, 2.24) is 15.0 Å². The van der Waals surface area contributed by atoms with E-state index in [1.807, 2.05) is 0 Å². The molecule has 1 saturated carbocycles. The lowest BCUT2D eigenvalue weighted by Crippen LogP contribution is -2.32. The number of nitrogens with two attached hydrogens (primary N) is 1. The summed E-state index contributed by atoms with van der Waals surface area (Å²) in [5, 5.41) is 2.57. The van der Waals surface area contributed by atoms with Crippen molar-refractivity contribution in [1.29, 1.82) is 0 Å². The van der Waals surface area contributed by atoms with E-state index in [0.717, 1.165) is 56.0 Å². The van der Waals surface area contributed by atoms with Crippen LogP contribution in [0.3, 0.4) is 0 Å². The van der Waals surface area contributed by atoms with E-state index in [0.29, 0.717) is 0 Å². The van der Waals surface area contributed by atoms with Gasteiger partial charge in [-0.1, -0.05) is 6.07 Å². The van der Waals surface area contributed by atoms with Gasteiger partial charge in [0, 0.05) is 6.04 Å². The van der Waals surface area contributed by atoms with Gasteiger partial charge in [0.05, 0.1) is 11.8 Å². The Hall–Kier alpha value is -3.24. The molecular weight excluding hydrogens is 459 g/mol. The highest BCUT2D eigenvalue weighted by Crippen LogP contribution is 2.29. The van der Waals surface area contributed by atoms with Gasteiger partial charge in [-0.05, 0) is 49.9 Å². The molecule has 0 saturated heterocycles. The highest BCUT2D eigenvalue weighted by Gasteiger charge is 2.23. The Morgan fingerprint density at radius 3 is 2.42 bits per heavy atom. The maximum absolute atomic E-state index is 14.3. The summed E-state index contributed by atoms with van der Waals surface area (Å²) < 4.78 is 48.4. The van der Waals surface area contributed by atoms with Crippen molar-refractivity contribution < 1.29 is 22.7 Å². The van der Waals surface area contributed by atoms with Gasteiger partial charge in [0.25, 0.3) is 5.91 Å². The molecule has 7 nitrogen and oxygen atoms in total. The normalized spacial score (nSPS) is 17.7. The summed E-state index contributed by atoms with van der Waals surface area (Å²) in [5.41, 5.74) is 4.60. The maximum Gasteiger partial charge on any atom is 0.274 e. The molecule has 1 fully saturated rings. The van der Waals surface area contributed by atoms with Crippen LogP contribution in [0.2, 0.25) is 0 Å². The van der Waals surface area contributed by atoms with E-state index >= 15 is 0 Å². The van der Waals surface area contributed by atoms with Crippen molar-refractivity contribution in [2.45, 2.75) is 37.8 Å². The highest BCUT2D eigenvalue weighted by atomic mass is 35.5. The van der Waals surface area contributed by atoms with Crippen LogP contribution < -0.4 is 15.8 Å². The second kappa shape index (κ2) is 10.6. The molecule has 1 amide bonds. The molecule has 1 aliphatic rings. The Kier molecular flexibility index (Phi) is 7.83. The summed E-state index contributed by atoms with van der Waals surface area (Å²) in [4.78, 5) is 24.6. The van der Waals surface area contributed by atoms with Crippen molar-refractivity contribution in [3.05, 3.63) is 66.0 Å². The lowest BCUT2D eigenvalue weighted by Gasteiger charge is -2.26. The molecule has 0 unspecified atom stereocenters. The third kappa shape index (κ3) is 5.58. The molecule has 4 rings (SSSR count). The van der Waals surface area contributed by atoms with E-state index in [1.54, 1.807) is 0 Å². The van der Waals surface area contributed by atoms with E-state index in [2.05, 4.69) is 20.3 Å². The first-order chi connectivity index (χ1) is 15.4. The Morgan fingerprint density at radius 2 is 1.73 bits per heavy atom. The number of benzene rings is 1. The Labute approximate surface area is 194 Å². The topological polar surface area (TPSA) is 103 Å². The smallest absolute Gasteiger partial charge is 0.274 e. The van der Waals surface area contributed by atoms with Crippen LogP contribution in [-0.2, 0) is 0 Å². The van der Waals surface area contributed by atoms with Crippen molar-refractivity contribution in [3.8, 4) is 17.1 Å². The fourth-order valence-electron chi connectivity index (χ4n) is 3.52. The van der Waals surface area contributed by atoms with Crippen LogP contribution >= 0.6 is 12.4 Å². The maximum atomic E-state index is 14.3. The molecule has 3 N–H and O–H groups in total. The van der Waals surface area contributed by atoms with Gasteiger partial charge >= 0.3 is 0 Å². The molecule has 11 heteroatoms. The third-order valence-corrected chi connectivity index (χ3v) is 5.20. The SMILES string of the molecule is Cl.NC1CCC(Oc2ncncc2NC(=O)c2ccc(F)c(-c3c(F)cccc3F)n2)CC1. The number of nitrogens with one attached hydrogen (secondary N) is 1. The molecule has 1 aliphatic carbocycles. The second-order valence-electron chi connectivity index (χ2n) is 7.47. The van der Waals surface area contributed by atoms with Crippen LogP contribution in [0.15, 0.2) is 42.9 Å². The predicted octanol–water partition coefficient (Wildman–Crippen LogP) is 4.28. The number of aromatic nitrogens is 3. The average molecular weight is 480 g/mol. The van der Waals surface area contributed by atoms with Gasteiger partial charge in [0.15, 0.2) is 0 Å². The van der Waals surface area contributed by atoms with Crippen LogP contribution in [0.4, 0.5) is 18.9 Å². The number of nitrogens with zero attached hydrogens (tertiary/aromatic N) is 3. The highest BCUT2D eigenvalue weighted by molar-refractivity contribution is 6.03.